The summed E-state index contributed by atoms with van der Waals surface area (Å²) < 4.78 is 0. The summed E-state index contributed by atoms with van der Waals surface area (Å²) in [5, 5.41) is 17.0. The third-order valence-corrected chi connectivity index (χ3v) is 1.98. The van der Waals surface area contributed by atoms with Crippen molar-refractivity contribution in [2.75, 3.05) is 6.54 Å². The molecule has 6 heteroatoms. The van der Waals surface area contributed by atoms with Gasteiger partial charge in [-0.3, -0.25) is 4.79 Å². The van der Waals surface area contributed by atoms with E-state index < -0.39 is 23.9 Å². The minimum atomic E-state index is -1.60. The SMILES string of the molecule is O=C(O)C(=O)N1CCC[C@@H]1C(=O)O. The van der Waals surface area contributed by atoms with Gasteiger partial charge in [-0.15, -0.1) is 0 Å². The Hall–Kier alpha value is -1.59. The summed E-state index contributed by atoms with van der Waals surface area (Å²) in [6, 6.07) is -0.969. The maximum Gasteiger partial charge on any atom is 0.394 e. The number of likely N-dealkylation sites (tertiary alicyclic amines) is 1. The van der Waals surface area contributed by atoms with Crippen LogP contribution in [0, 0.1) is 0 Å². The van der Waals surface area contributed by atoms with Crippen molar-refractivity contribution in [2.24, 2.45) is 0 Å². The Morgan fingerprint density at radius 1 is 1.23 bits per heavy atom. The van der Waals surface area contributed by atoms with E-state index in [0.29, 0.717) is 12.8 Å². The lowest BCUT2D eigenvalue weighted by Gasteiger charge is -2.18. The van der Waals surface area contributed by atoms with Crippen molar-refractivity contribution in [1.82, 2.24) is 4.90 Å². The van der Waals surface area contributed by atoms with E-state index in [2.05, 4.69) is 0 Å². The molecule has 72 valence electrons. The highest BCUT2D eigenvalue weighted by atomic mass is 16.4. The Kier molecular flexibility index (Phi) is 2.50. The predicted molar refractivity (Wildman–Crippen MR) is 40.0 cm³/mol. The minimum absolute atomic E-state index is 0.210. The monoisotopic (exact) mass is 187 g/mol. The topological polar surface area (TPSA) is 94.9 Å². The van der Waals surface area contributed by atoms with Crippen LogP contribution in [0.3, 0.4) is 0 Å². The average molecular weight is 187 g/mol. The Morgan fingerprint density at radius 3 is 2.31 bits per heavy atom. The van der Waals surface area contributed by atoms with Crippen molar-refractivity contribution in [3.8, 4) is 0 Å². The number of carboxylic acids is 2. The summed E-state index contributed by atoms with van der Waals surface area (Å²) in [5.41, 5.74) is 0. The van der Waals surface area contributed by atoms with Crippen molar-refractivity contribution >= 4 is 17.8 Å². The highest BCUT2D eigenvalue weighted by molar-refractivity contribution is 6.31. The Balaban J connectivity index is 2.74. The van der Waals surface area contributed by atoms with Crippen molar-refractivity contribution in [3.05, 3.63) is 0 Å². The van der Waals surface area contributed by atoms with Gasteiger partial charge >= 0.3 is 17.8 Å². The molecule has 0 bridgehead atoms. The highest BCUT2D eigenvalue weighted by Gasteiger charge is 2.36. The molecule has 1 heterocycles. The molecule has 0 radical (unpaired) electrons. The van der Waals surface area contributed by atoms with E-state index >= 15 is 0 Å². The molecule has 2 N–H and O–H groups in total. The third-order valence-electron chi connectivity index (χ3n) is 1.98. The second-order valence-corrected chi connectivity index (χ2v) is 2.80. The molecule has 0 unspecified atom stereocenters. The molecule has 1 amide bonds. The van der Waals surface area contributed by atoms with E-state index in [1.807, 2.05) is 0 Å². The van der Waals surface area contributed by atoms with Gasteiger partial charge in [-0.25, -0.2) is 9.59 Å². The lowest BCUT2D eigenvalue weighted by atomic mass is 10.2. The zero-order chi connectivity index (χ0) is 10.0. The van der Waals surface area contributed by atoms with Gasteiger partial charge in [-0.1, -0.05) is 0 Å². The number of carboxylic acid groups (broad SMARTS) is 2. The Morgan fingerprint density at radius 2 is 1.85 bits per heavy atom. The molecular weight excluding hydrogens is 178 g/mol. The summed E-state index contributed by atoms with van der Waals surface area (Å²) in [4.78, 5) is 32.6. The fraction of sp³-hybridized carbons (Fsp3) is 0.571. The number of carbonyl (C=O) groups excluding carboxylic acids is 1. The second kappa shape index (κ2) is 3.42. The number of carbonyl (C=O) groups is 3. The van der Waals surface area contributed by atoms with Gasteiger partial charge in [0, 0.05) is 6.54 Å². The zero-order valence-corrected chi connectivity index (χ0v) is 6.77. The first-order valence-electron chi connectivity index (χ1n) is 3.80. The van der Waals surface area contributed by atoms with Crippen molar-refractivity contribution in [3.63, 3.8) is 0 Å². The number of nitrogens with zero attached hydrogens (tertiary/aromatic N) is 1. The smallest absolute Gasteiger partial charge is 0.394 e. The lowest BCUT2D eigenvalue weighted by Crippen LogP contribution is -2.43. The van der Waals surface area contributed by atoms with Crippen LogP contribution in [0.4, 0.5) is 0 Å². The summed E-state index contributed by atoms with van der Waals surface area (Å²) in [6.07, 6.45) is 0.865. The van der Waals surface area contributed by atoms with Gasteiger partial charge in [-0.05, 0) is 12.8 Å². The Bertz CT molecular complexity index is 262. The van der Waals surface area contributed by atoms with Gasteiger partial charge < -0.3 is 15.1 Å². The first-order valence-corrected chi connectivity index (χ1v) is 3.80. The van der Waals surface area contributed by atoms with E-state index in [-0.39, 0.29) is 6.54 Å². The van der Waals surface area contributed by atoms with Crippen LogP contribution < -0.4 is 0 Å². The zero-order valence-electron chi connectivity index (χ0n) is 6.77. The van der Waals surface area contributed by atoms with Crippen LogP contribution in [0.2, 0.25) is 0 Å². The fourth-order valence-electron chi connectivity index (χ4n) is 1.39. The molecule has 0 saturated carbocycles. The van der Waals surface area contributed by atoms with E-state index in [0.717, 1.165) is 4.90 Å². The normalized spacial score (nSPS) is 21.5. The minimum Gasteiger partial charge on any atom is -0.480 e. The van der Waals surface area contributed by atoms with Crippen LogP contribution in [0.1, 0.15) is 12.8 Å². The second-order valence-electron chi connectivity index (χ2n) is 2.80. The number of amides is 1. The summed E-state index contributed by atoms with van der Waals surface area (Å²) >= 11 is 0. The quantitative estimate of drug-likeness (QED) is 0.521. The molecule has 0 aromatic heterocycles. The highest BCUT2D eigenvalue weighted by Crippen LogP contribution is 2.17. The molecule has 0 spiro atoms. The van der Waals surface area contributed by atoms with Crippen molar-refractivity contribution in [1.29, 1.82) is 0 Å². The van der Waals surface area contributed by atoms with Gasteiger partial charge in [0.15, 0.2) is 0 Å². The summed E-state index contributed by atoms with van der Waals surface area (Å²) in [5.74, 6) is -3.88. The van der Waals surface area contributed by atoms with Crippen molar-refractivity contribution in [2.45, 2.75) is 18.9 Å². The third kappa shape index (κ3) is 1.77. The first kappa shape index (κ1) is 9.50. The van der Waals surface area contributed by atoms with Crippen LogP contribution in [0.5, 0.6) is 0 Å². The van der Waals surface area contributed by atoms with Gasteiger partial charge in [0.05, 0.1) is 0 Å². The number of hydrogen-bond acceptors (Lipinski definition) is 3. The van der Waals surface area contributed by atoms with E-state index in [4.69, 9.17) is 10.2 Å². The average Bonchev–Trinajstić information content (AvgIpc) is 2.50. The molecule has 0 aromatic carbocycles. The van der Waals surface area contributed by atoms with Gasteiger partial charge in [0.25, 0.3) is 0 Å². The maximum atomic E-state index is 10.9. The standard InChI is InChI=1S/C7H9NO5/c9-5(7(12)13)8-3-1-2-4(8)6(10)11/h4H,1-3H2,(H,10,11)(H,12,13)/t4-/m1/s1. The molecule has 1 aliphatic heterocycles. The Labute approximate surface area is 73.8 Å². The van der Waals surface area contributed by atoms with E-state index in [1.165, 1.54) is 0 Å². The van der Waals surface area contributed by atoms with Crippen LogP contribution in [-0.4, -0.2) is 45.5 Å². The van der Waals surface area contributed by atoms with Crippen LogP contribution in [-0.2, 0) is 14.4 Å². The van der Waals surface area contributed by atoms with Crippen LogP contribution in [0.15, 0.2) is 0 Å². The van der Waals surface area contributed by atoms with Gasteiger partial charge in [0.2, 0.25) is 0 Å². The van der Waals surface area contributed by atoms with E-state index in [1.54, 1.807) is 0 Å². The fourth-order valence-corrected chi connectivity index (χ4v) is 1.39. The van der Waals surface area contributed by atoms with Gasteiger partial charge in [0.1, 0.15) is 6.04 Å². The molecule has 1 rings (SSSR count). The molecule has 1 saturated heterocycles. The molecule has 0 aliphatic carbocycles. The van der Waals surface area contributed by atoms with Crippen LogP contribution in [0.25, 0.3) is 0 Å². The largest absolute Gasteiger partial charge is 0.480 e. The van der Waals surface area contributed by atoms with E-state index in [9.17, 15) is 14.4 Å². The first-order chi connectivity index (χ1) is 6.04. The maximum absolute atomic E-state index is 10.9. The number of rotatable bonds is 1. The molecule has 1 fully saturated rings. The molecule has 6 nitrogen and oxygen atoms in total. The van der Waals surface area contributed by atoms with Gasteiger partial charge in [-0.2, -0.15) is 0 Å². The summed E-state index contributed by atoms with van der Waals surface area (Å²) in [6.45, 7) is 0.210. The molecule has 1 atom stereocenters. The number of aliphatic carboxylic acids is 2. The molecule has 1 aliphatic rings. The predicted octanol–water partition coefficient (Wildman–Crippen LogP) is -0.853. The molecule has 13 heavy (non-hydrogen) atoms. The van der Waals surface area contributed by atoms with Crippen LogP contribution >= 0.6 is 0 Å². The lowest BCUT2D eigenvalue weighted by molar-refractivity contribution is -0.159. The summed E-state index contributed by atoms with van der Waals surface area (Å²) in [7, 11) is 0. The van der Waals surface area contributed by atoms with Crippen molar-refractivity contribution < 1.29 is 24.6 Å². The molecular formula is C7H9NO5. The molecule has 0 aromatic rings. The number of hydrogen-bond donors (Lipinski definition) is 2.